The molecule has 4 rings (SSSR count). The van der Waals surface area contributed by atoms with Gasteiger partial charge in [-0.1, -0.05) is 76.6 Å². The monoisotopic (exact) mass is 677 g/mol. The van der Waals surface area contributed by atoms with Crippen LogP contribution in [0.5, 0.6) is 5.75 Å². The molecule has 10 heteroatoms. The Hall–Kier alpha value is -4.15. The first kappa shape index (κ1) is 32.8. The fourth-order valence-electron chi connectivity index (χ4n) is 4.80. The third-order valence-corrected chi connectivity index (χ3v) is 9.19. The minimum Gasteiger partial charge on any atom is -0.494 e. The van der Waals surface area contributed by atoms with Gasteiger partial charge in [-0.15, -0.1) is 0 Å². The number of rotatable bonds is 14. The molecule has 0 saturated heterocycles. The second-order valence-electron chi connectivity index (χ2n) is 10.0. The summed E-state index contributed by atoms with van der Waals surface area (Å²) >= 11 is 3.49. The molecular formula is C34H36BrN3O5S. The van der Waals surface area contributed by atoms with Gasteiger partial charge in [-0.3, -0.25) is 13.9 Å². The lowest BCUT2D eigenvalue weighted by Crippen LogP contribution is -2.53. The van der Waals surface area contributed by atoms with Crippen molar-refractivity contribution in [1.29, 1.82) is 0 Å². The van der Waals surface area contributed by atoms with Gasteiger partial charge in [0.2, 0.25) is 11.8 Å². The SMILES string of the molecule is CCNC(=O)[C@H](Cc1ccccc1)N(Cc1cccc(Br)c1)C(=O)CN(c1ccc(OCC)cc1)S(=O)(=O)c1ccccc1. The normalized spacial score (nSPS) is 11.8. The molecule has 0 heterocycles. The van der Waals surface area contributed by atoms with Gasteiger partial charge in [0.15, 0.2) is 0 Å². The predicted octanol–water partition coefficient (Wildman–Crippen LogP) is 5.82. The van der Waals surface area contributed by atoms with Crippen molar-refractivity contribution in [3.05, 3.63) is 125 Å². The molecule has 1 atom stereocenters. The fraction of sp³-hybridized carbons (Fsp3) is 0.235. The van der Waals surface area contributed by atoms with Gasteiger partial charge in [-0.25, -0.2) is 8.42 Å². The van der Waals surface area contributed by atoms with Crippen LogP contribution in [0.1, 0.15) is 25.0 Å². The number of hydrogen-bond donors (Lipinski definition) is 1. The third kappa shape index (κ3) is 8.48. The van der Waals surface area contributed by atoms with E-state index in [0.717, 1.165) is 19.9 Å². The van der Waals surface area contributed by atoms with Crippen LogP contribution in [-0.4, -0.2) is 50.9 Å². The van der Waals surface area contributed by atoms with E-state index in [-0.39, 0.29) is 23.8 Å². The van der Waals surface area contributed by atoms with Crippen LogP contribution in [0.4, 0.5) is 5.69 Å². The Morgan fingerprint density at radius 1 is 0.841 bits per heavy atom. The molecule has 1 N–H and O–H groups in total. The number of carbonyl (C=O) groups excluding carboxylic acids is 2. The summed E-state index contributed by atoms with van der Waals surface area (Å²) in [6.07, 6.45) is 0.251. The number of benzene rings is 4. The zero-order valence-electron chi connectivity index (χ0n) is 24.7. The van der Waals surface area contributed by atoms with Crippen LogP contribution in [0.2, 0.25) is 0 Å². The molecule has 0 aliphatic heterocycles. The molecule has 0 spiro atoms. The summed E-state index contributed by atoms with van der Waals surface area (Å²) in [4.78, 5) is 29.5. The molecule has 0 fully saturated rings. The predicted molar refractivity (Wildman–Crippen MR) is 176 cm³/mol. The Balaban J connectivity index is 1.78. The Morgan fingerprint density at radius 3 is 2.09 bits per heavy atom. The molecule has 2 amide bonds. The van der Waals surface area contributed by atoms with Crippen molar-refractivity contribution in [3.63, 3.8) is 0 Å². The first-order valence-corrected chi connectivity index (χ1v) is 16.6. The lowest BCUT2D eigenvalue weighted by molar-refractivity contribution is -0.140. The molecule has 0 aliphatic rings. The quantitative estimate of drug-likeness (QED) is 0.182. The van der Waals surface area contributed by atoms with E-state index >= 15 is 0 Å². The zero-order valence-corrected chi connectivity index (χ0v) is 27.1. The topological polar surface area (TPSA) is 96.0 Å². The average Bonchev–Trinajstić information content (AvgIpc) is 3.03. The number of nitrogens with zero attached hydrogens (tertiary/aromatic N) is 2. The Kier molecular flexibility index (Phi) is 11.6. The number of likely N-dealkylation sites (N-methyl/N-ethyl adjacent to an activating group) is 1. The maximum absolute atomic E-state index is 14.4. The Labute approximate surface area is 267 Å². The lowest BCUT2D eigenvalue weighted by atomic mass is 10.0. The van der Waals surface area contributed by atoms with Crippen LogP contribution in [0.3, 0.4) is 0 Å². The number of anilines is 1. The fourth-order valence-corrected chi connectivity index (χ4v) is 6.68. The van der Waals surface area contributed by atoms with Crippen molar-refractivity contribution in [1.82, 2.24) is 10.2 Å². The van der Waals surface area contributed by atoms with Crippen LogP contribution in [0, 0.1) is 0 Å². The molecule has 0 unspecified atom stereocenters. The minimum absolute atomic E-state index is 0.0461. The van der Waals surface area contributed by atoms with Gasteiger partial charge < -0.3 is 15.0 Å². The van der Waals surface area contributed by atoms with Crippen LogP contribution in [0.25, 0.3) is 0 Å². The van der Waals surface area contributed by atoms with Crippen molar-refractivity contribution < 1.29 is 22.7 Å². The molecule has 44 heavy (non-hydrogen) atoms. The second kappa shape index (κ2) is 15.5. The molecule has 0 aliphatic carbocycles. The maximum atomic E-state index is 14.4. The van der Waals surface area contributed by atoms with Crippen LogP contribution >= 0.6 is 15.9 Å². The molecule has 8 nitrogen and oxygen atoms in total. The molecule has 230 valence electrons. The summed E-state index contributed by atoms with van der Waals surface area (Å²) in [6.45, 7) is 4.08. The van der Waals surface area contributed by atoms with Gasteiger partial charge in [0.25, 0.3) is 10.0 Å². The smallest absolute Gasteiger partial charge is 0.264 e. The highest BCUT2D eigenvalue weighted by Crippen LogP contribution is 2.27. The molecule has 0 saturated carbocycles. The van der Waals surface area contributed by atoms with E-state index in [9.17, 15) is 18.0 Å². The van der Waals surface area contributed by atoms with Crippen LogP contribution < -0.4 is 14.4 Å². The summed E-state index contributed by atoms with van der Waals surface area (Å²) in [6, 6.07) is 30.6. The van der Waals surface area contributed by atoms with Crippen molar-refractivity contribution in [2.45, 2.75) is 37.8 Å². The second-order valence-corrected chi connectivity index (χ2v) is 12.8. The number of amides is 2. The highest BCUT2D eigenvalue weighted by atomic mass is 79.9. The standard InChI is InChI=1S/C34H36BrN3O5S/c1-3-36-34(40)32(23-26-12-7-5-8-13-26)37(24-27-14-11-15-28(35)22-27)33(39)25-38(29-18-20-30(21-19-29)43-4-2)44(41,42)31-16-9-6-10-17-31/h5-22,32H,3-4,23-25H2,1-2H3,(H,36,40)/t32-/m0/s1. The van der Waals surface area contributed by atoms with Gasteiger partial charge in [-0.2, -0.15) is 0 Å². The number of carbonyl (C=O) groups is 2. The Bertz CT molecular complexity index is 1630. The van der Waals surface area contributed by atoms with E-state index in [0.29, 0.717) is 24.6 Å². The van der Waals surface area contributed by atoms with Crippen molar-refractivity contribution >= 4 is 43.5 Å². The van der Waals surface area contributed by atoms with E-state index in [1.165, 1.54) is 17.0 Å². The first-order valence-electron chi connectivity index (χ1n) is 14.4. The number of sulfonamides is 1. The van der Waals surface area contributed by atoms with Gasteiger partial charge >= 0.3 is 0 Å². The number of halogens is 1. The molecule has 0 radical (unpaired) electrons. The molecule has 0 aromatic heterocycles. The van der Waals surface area contributed by atoms with Crippen molar-refractivity contribution in [3.8, 4) is 5.75 Å². The van der Waals surface area contributed by atoms with Crippen LogP contribution in [-0.2, 0) is 32.6 Å². The number of ether oxygens (including phenoxy) is 1. The van der Waals surface area contributed by atoms with E-state index in [1.807, 2.05) is 68.4 Å². The molecule has 4 aromatic carbocycles. The lowest BCUT2D eigenvalue weighted by Gasteiger charge is -2.34. The Morgan fingerprint density at radius 2 is 1.48 bits per heavy atom. The summed E-state index contributed by atoms with van der Waals surface area (Å²) < 4.78 is 35.5. The van der Waals surface area contributed by atoms with Gasteiger partial charge in [0, 0.05) is 24.0 Å². The van der Waals surface area contributed by atoms with Crippen LogP contribution in [0.15, 0.2) is 119 Å². The molecule has 0 bridgehead atoms. The minimum atomic E-state index is -4.17. The molecule has 4 aromatic rings. The van der Waals surface area contributed by atoms with E-state index in [2.05, 4.69) is 21.2 Å². The van der Waals surface area contributed by atoms with E-state index < -0.39 is 28.5 Å². The molecular weight excluding hydrogens is 642 g/mol. The summed E-state index contributed by atoms with van der Waals surface area (Å²) in [5.74, 6) is -0.265. The van der Waals surface area contributed by atoms with Gasteiger partial charge in [0.1, 0.15) is 18.3 Å². The largest absolute Gasteiger partial charge is 0.494 e. The van der Waals surface area contributed by atoms with Crippen molar-refractivity contribution in [2.24, 2.45) is 0 Å². The van der Waals surface area contributed by atoms with E-state index in [1.54, 1.807) is 42.5 Å². The summed E-state index contributed by atoms with van der Waals surface area (Å²) in [5, 5.41) is 2.87. The third-order valence-electron chi connectivity index (χ3n) is 6.91. The number of nitrogens with one attached hydrogen (secondary N) is 1. The zero-order chi connectivity index (χ0) is 31.5. The summed E-state index contributed by atoms with van der Waals surface area (Å²) in [5.41, 5.74) is 1.95. The van der Waals surface area contributed by atoms with Crippen molar-refractivity contribution in [2.75, 3.05) is 24.0 Å². The highest BCUT2D eigenvalue weighted by Gasteiger charge is 2.34. The number of hydrogen-bond acceptors (Lipinski definition) is 5. The maximum Gasteiger partial charge on any atom is 0.264 e. The highest BCUT2D eigenvalue weighted by molar-refractivity contribution is 9.10. The van der Waals surface area contributed by atoms with Gasteiger partial charge in [-0.05, 0) is 73.5 Å². The van der Waals surface area contributed by atoms with Gasteiger partial charge in [0.05, 0.1) is 17.2 Å². The first-order chi connectivity index (χ1) is 21.2. The summed E-state index contributed by atoms with van der Waals surface area (Å²) in [7, 11) is -4.17. The van der Waals surface area contributed by atoms with E-state index in [4.69, 9.17) is 4.74 Å². The average molecular weight is 679 g/mol.